The Balaban J connectivity index is 2.01. The van der Waals surface area contributed by atoms with E-state index in [9.17, 15) is 4.39 Å². The van der Waals surface area contributed by atoms with E-state index in [1.807, 2.05) is 23.6 Å². The number of benzene rings is 1. The number of nitrogens with one attached hydrogen (secondary N) is 1. The molecular weight excluding hydrogens is 313 g/mol. The van der Waals surface area contributed by atoms with E-state index >= 15 is 0 Å². The van der Waals surface area contributed by atoms with Crippen LogP contribution >= 0.6 is 34.7 Å². The predicted molar refractivity (Wildman–Crippen MR) is 87.5 cm³/mol. The molecule has 0 fully saturated rings. The second-order valence-electron chi connectivity index (χ2n) is 4.40. The lowest BCUT2D eigenvalue weighted by Crippen LogP contribution is -2.23. The van der Waals surface area contributed by atoms with Crippen molar-refractivity contribution < 1.29 is 4.39 Å². The van der Waals surface area contributed by atoms with Gasteiger partial charge in [0.1, 0.15) is 5.82 Å². The van der Waals surface area contributed by atoms with E-state index in [1.165, 1.54) is 17.0 Å². The highest BCUT2D eigenvalue weighted by atomic mass is 35.5. The Morgan fingerprint density at radius 3 is 2.65 bits per heavy atom. The molecule has 0 saturated carbocycles. The quantitative estimate of drug-likeness (QED) is 0.685. The predicted octanol–water partition coefficient (Wildman–Crippen LogP) is 5.37. The number of halogens is 2. The molecule has 5 heteroatoms. The van der Waals surface area contributed by atoms with Crippen LogP contribution in [0.15, 0.2) is 40.6 Å². The van der Waals surface area contributed by atoms with Crippen LogP contribution in [0.3, 0.4) is 0 Å². The molecule has 1 heterocycles. The molecule has 0 radical (unpaired) electrons. The Labute approximate surface area is 132 Å². The summed E-state index contributed by atoms with van der Waals surface area (Å²) < 4.78 is 12.9. The van der Waals surface area contributed by atoms with Crippen LogP contribution in [0.2, 0.25) is 5.02 Å². The molecule has 1 aromatic heterocycles. The van der Waals surface area contributed by atoms with Crippen LogP contribution in [0.1, 0.15) is 24.3 Å². The van der Waals surface area contributed by atoms with Gasteiger partial charge in [-0.3, -0.25) is 0 Å². The summed E-state index contributed by atoms with van der Waals surface area (Å²) in [5.41, 5.74) is 0. The molecule has 108 valence electrons. The van der Waals surface area contributed by atoms with Crippen LogP contribution in [-0.4, -0.2) is 12.3 Å². The number of thioether (sulfide) groups is 1. The molecule has 1 aromatic carbocycles. The standard InChI is InChI=1S/C15H17ClFNS2/c1-2-8-18-14(15-13(16)7-9-19-15)10-20-12-5-3-11(17)4-6-12/h3-7,9,14,18H,2,8,10H2,1H3. The van der Waals surface area contributed by atoms with Crippen molar-refractivity contribution in [3.63, 3.8) is 0 Å². The van der Waals surface area contributed by atoms with E-state index in [4.69, 9.17) is 11.6 Å². The maximum atomic E-state index is 12.9. The first-order valence-electron chi connectivity index (χ1n) is 6.55. The minimum atomic E-state index is -0.198. The third-order valence-electron chi connectivity index (χ3n) is 2.83. The van der Waals surface area contributed by atoms with Crippen LogP contribution in [0.5, 0.6) is 0 Å². The Bertz CT molecular complexity index is 527. The third-order valence-corrected chi connectivity index (χ3v) is 5.41. The van der Waals surface area contributed by atoms with Crippen molar-refractivity contribution in [3.8, 4) is 0 Å². The minimum absolute atomic E-state index is 0.198. The molecule has 0 bridgehead atoms. The van der Waals surface area contributed by atoms with E-state index < -0.39 is 0 Å². The van der Waals surface area contributed by atoms with Crippen LogP contribution in [0.25, 0.3) is 0 Å². The average molecular weight is 330 g/mol. The molecule has 1 atom stereocenters. The van der Waals surface area contributed by atoms with Gasteiger partial charge in [-0.1, -0.05) is 18.5 Å². The highest BCUT2D eigenvalue weighted by Gasteiger charge is 2.15. The summed E-state index contributed by atoms with van der Waals surface area (Å²) in [5, 5.41) is 6.36. The number of rotatable bonds is 7. The summed E-state index contributed by atoms with van der Waals surface area (Å²) in [6.45, 7) is 3.11. The lowest BCUT2D eigenvalue weighted by molar-refractivity contribution is 0.585. The molecule has 0 aliphatic rings. The Hall–Kier alpha value is -0.550. The van der Waals surface area contributed by atoms with Crippen LogP contribution in [-0.2, 0) is 0 Å². The summed E-state index contributed by atoms with van der Waals surface area (Å²) in [7, 11) is 0. The van der Waals surface area contributed by atoms with Crippen molar-refractivity contribution in [1.29, 1.82) is 0 Å². The lowest BCUT2D eigenvalue weighted by Gasteiger charge is -2.17. The maximum absolute atomic E-state index is 12.9. The van der Waals surface area contributed by atoms with Gasteiger partial charge in [0, 0.05) is 15.5 Å². The molecule has 1 unspecified atom stereocenters. The van der Waals surface area contributed by atoms with Gasteiger partial charge >= 0.3 is 0 Å². The van der Waals surface area contributed by atoms with E-state index in [2.05, 4.69) is 12.2 Å². The summed E-state index contributed by atoms with van der Waals surface area (Å²) in [5.74, 6) is 0.683. The van der Waals surface area contributed by atoms with Gasteiger partial charge in [-0.05, 0) is 48.7 Å². The van der Waals surface area contributed by atoms with Gasteiger partial charge in [0.05, 0.1) is 11.1 Å². The second-order valence-corrected chi connectivity index (χ2v) is 6.85. The van der Waals surface area contributed by atoms with E-state index in [-0.39, 0.29) is 11.9 Å². The normalized spacial score (nSPS) is 12.6. The average Bonchev–Trinajstić information content (AvgIpc) is 2.87. The van der Waals surface area contributed by atoms with Gasteiger partial charge in [0.15, 0.2) is 0 Å². The van der Waals surface area contributed by atoms with E-state index in [1.54, 1.807) is 23.1 Å². The molecular formula is C15H17ClFNS2. The van der Waals surface area contributed by atoms with Crippen molar-refractivity contribution >= 4 is 34.7 Å². The van der Waals surface area contributed by atoms with E-state index in [0.29, 0.717) is 0 Å². The molecule has 0 aliphatic carbocycles. The molecule has 0 amide bonds. The zero-order valence-corrected chi connectivity index (χ0v) is 13.6. The van der Waals surface area contributed by atoms with Crippen molar-refractivity contribution in [1.82, 2.24) is 5.32 Å². The summed E-state index contributed by atoms with van der Waals surface area (Å²) >= 11 is 9.62. The second kappa shape index (κ2) is 8.03. The molecule has 0 aliphatic heterocycles. The van der Waals surface area contributed by atoms with Crippen LogP contribution in [0.4, 0.5) is 4.39 Å². The van der Waals surface area contributed by atoms with Crippen molar-refractivity contribution in [2.45, 2.75) is 24.3 Å². The maximum Gasteiger partial charge on any atom is 0.123 e. The number of hydrogen-bond acceptors (Lipinski definition) is 3. The van der Waals surface area contributed by atoms with Crippen molar-refractivity contribution in [2.24, 2.45) is 0 Å². The number of thiophene rings is 1. The molecule has 2 aromatic rings. The fraction of sp³-hybridized carbons (Fsp3) is 0.333. The van der Waals surface area contributed by atoms with Crippen LogP contribution in [0, 0.1) is 5.82 Å². The Morgan fingerprint density at radius 1 is 1.30 bits per heavy atom. The van der Waals surface area contributed by atoms with Gasteiger partial charge in [-0.25, -0.2) is 4.39 Å². The van der Waals surface area contributed by atoms with Gasteiger partial charge in [-0.2, -0.15) is 0 Å². The monoisotopic (exact) mass is 329 g/mol. The van der Waals surface area contributed by atoms with Gasteiger partial charge in [0.25, 0.3) is 0 Å². The molecule has 20 heavy (non-hydrogen) atoms. The highest BCUT2D eigenvalue weighted by molar-refractivity contribution is 7.99. The first kappa shape index (κ1) is 15.8. The largest absolute Gasteiger partial charge is 0.309 e. The Kier molecular flexibility index (Phi) is 6.36. The highest BCUT2D eigenvalue weighted by Crippen LogP contribution is 2.32. The van der Waals surface area contributed by atoms with E-state index in [0.717, 1.165) is 28.6 Å². The zero-order chi connectivity index (χ0) is 14.4. The summed E-state index contributed by atoms with van der Waals surface area (Å²) in [6, 6.07) is 8.78. The Morgan fingerprint density at radius 2 is 2.05 bits per heavy atom. The van der Waals surface area contributed by atoms with Crippen molar-refractivity contribution in [2.75, 3.05) is 12.3 Å². The summed E-state index contributed by atoms with van der Waals surface area (Å²) in [6.07, 6.45) is 1.08. The fourth-order valence-corrected chi connectivity index (χ4v) is 4.15. The molecule has 0 spiro atoms. The SMILES string of the molecule is CCCNC(CSc1ccc(F)cc1)c1sccc1Cl. The fourth-order valence-electron chi connectivity index (χ4n) is 1.81. The third kappa shape index (κ3) is 4.48. The van der Waals surface area contributed by atoms with Crippen LogP contribution < -0.4 is 5.32 Å². The van der Waals surface area contributed by atoms with Crippen molar-refractivity contribution in [3.05, 3.63) is 51.4 Å². The summed E-state index contributed by atoms with van der Waals surface area (Å²) in [4.78, 5) is 2.25. The molecule has 1 N–H and O–H groups in total. The zero-order valence-electron chi connectivity index (χ0n) is 11.2. The first-order chi connectivity index (χ1) is 9.70. The number of hydrogen-bond donors (Lipinski definition) is 1. The smallest absolute Gasteiger partial charge is 0.123 e. The van der Waals surface area contributed by atoms with Gasteiger partial charge < -0.3 is 5.32 Å². The molecule has 1 nitrogen and oxygen atoms in total. The van der Waals surface area contributed by atoms with Gasteiger partial charge in [-0.15, -0.1) is 23.1 Å². The topological polar surface area (TPSA) is 12.0 Å². The molecule has 2 rings (SSSR count). The first-order valence-corrected chi connectivity index (χ1v) is 8.79. The lowest BCUT2D eigenvalue weighted by atomic mass is 10.2. The van der Waals surface area contributed by atoms with Gasteiger partial charge in [0.2, 0.25) is 0 Å². The molecule has 0 saturated heterocycles. The minimum Gasteiger partial charge on any atom is -0.309 e.